The standard InChI is InChI=1S/C20H21BN2/c1-4-10-18(11-5-1)21(16-22-19-12-6-2-7-13-19)17-23-20-14-8-3-9-15-20/h1-15,22-23H,16-17H2. The zero-order valence-electron chi connectivity index (χ0n) is 13.2. The number of hydrogen-bond donors (Lipinski definition) is 2. The Morgan fingerprint density at radius 3 is 1.35 bits per heavy atom. The van der Waals surface area contributed by atoms with Crippen LogP contribution in [0.2, 0.25) is 0 Å². The highest BCUT2D eigenvalue weighted by Gasteiger charge is 2.16. The fourth-order valence-corrected chi connectivity index (χ4v) is 2.63. The summed E-state index contributed by atoms with van der Waals surface area (Å²) in [6.07, 6.45) is 1.79. The van der Waals surface area contributed by atoms with Crippen molar-refractivity contribution in [3.05, 3.63) is 91.0 Å². The molecule has 114 valence electrons. The summed E-state index contributed by atoms with van der Waals surface area (Å²) in [5.74, 6) is 0. The normalized spacial score (nSPS) is 10.1. The molecule has 3 aromatic rings. The maximum atomic E-state index is 3.54. The van der Waals surface area contributed by atoms with Crippen LogP contribution in [0, 0.1) is 0 Å². The molecule has 0 radical (unpaired) electrons. The molecule has 0 atom stereocenters. The predicted octanol–water partition coefficient (Wildman–Crippen LogP) is 3.69. The molecule has 0 aromatic heterocycles. The Labute approximate surface area is 138 Å². The van der Waals surface area contributed by atoms with E-state index >= 15 is 0 Å². The molecular formula is C20H21BN2. The van der Waals surface area contributed by atoms with Gasteiger partial charge >= 0.3 is 0 Å². The van der Waals surface area contributed by atoms with Crippen LogP contribution in [0.15, 0.2) is 91.0 Å². The first-order chi connectivity index (χ1) is 11.4. The summed E-state index contributed by atoms with van der Waals surface area (Å²) >= 11 is 0. The summed E-state index contributed by atoms with van der Waals surface area (Å²) in [6.45, 7) is 0.400. The summed E-state index contributed by atoms with van der Waals surface area (Å²) in [4.78, 5) is 0. The van der Waals surface area contributed by atoms with Crippen molar-refractivity contribution in [2.45, 2.75) is 0 Å². The van der Waals surface area contributed by atoms with E-state index in [1.54, 1.807) is 0 Å². The second-order valence-corrected chi connectivity index (χ2v) is 5.60. The minimum Gasteiger partial charge on any atom is -0.392 e. The molecule has 0 saturated heterocycles. The van der Waals surface area contributed by atoms with Crippen LogP contribution < -0.4 is 16.1 Å². The highest BCUT2D eigenvalue weighted by Crippen LogP contribution is 2.07. The van der Waals surface area contributed by atoms with Gasteiger partial charge < -0.3 is 10.6 Å². The molecular weight excluding hydrogens is 279 g/mol. The van der Waals surface area contributed by atoms with Gasteiger partial charge in [0.05, 0.1) is 0 Å². The molecule has 0 amide bonds. The molecule has 0 aliphatic rings. The Bertz CT molecular complexity index is 643. The molecule has 3 aromatic carbocycles. The molecule has 0 unspecified atom stereocenters. The van der Waals surface area contributed by atoms with Crippen molar-refractivity contribution in [3.63, 3.8) is 0 Å². The van der Waals surface area contributed by atoms with Crippen LogP contribution in [0.5, 0.6) is 0 Å². The maximum Gasteiger partial charge on any atom is 0.217 e. The number of anilines is 2. The summed E-state index contributed by atoms with van der Waals surface area (Å²) in [7, 11) is 0. The van der Waals surface area contributed by atoms with Crippen molar-refractivity contribution in [2.24, 2.45) is 0 Å². The van der Waals surface area contributed by atoms with Gasteiger partial charge in [0.2, 0.25) is 6.71 Å². The average molecular weight is 300 g/mol. The molecule has 0 aliphatic carbocycles. The minimum absolute atomic E-state index is 0.400. The highest BCUT2D eigenvalue weighted by molar-refractivity contribution is 6.74. The topological polar surface area (TPSA) is 24.1 Å². The Morgan fingerprint density at radius 2 is 0.913 bits per heavy atom. The van der Waals surface area contributed by atoms with Gasteiger partial charge in [0, 0.05) is 11.4 Å². The third-order valence-electron chi connectivity index (χ3n) is 3.92. The van der Waals surface area contributed by atoms with Crippen LogP contribution in [0.1, 0.15) is 0 Å². The van der Waals surface area contributed by atoms with Gasteiger partial charge in [-0.15, -0.1) is 0 Å². The van der Waals surface area contributed by atoms with Crippen molar-refractivity contribution in [1.82, 2.24) is 0 Å². The number of para-hydroxylation sites is 2. The third kappa shape index (κ3) is 4.65. The predicted molar refractivity (Wildman–Crippen MR) is 102 cm³/mol. The van der Waals surface area contributed by atoms with Gasteiger partial charge in [-0.3, -0.25) is 0 Å². The van der Waals surface area contributed by atoms with E-state index in [-0.39, 0.29) is 0 Å². The van der Waals surface area contributed by atoms with Crippen LogP contribution in [0.4, 0.5) is 11.4 Å². The first-order valence-electron chi connectivity index (χ1n) is 8.04. The zero-order valence-corrected chi connectivity index (χ0v) is 13.2. The molecule has 3 rings (SSSR count). The average Bonchev–Trinajstić information content (AvgIpc) is 2.64. The molecule has 3 heteroatoms. The monoisotopic (exact) mass is 300 g/mol. The lowest BCUT2D eigenvalue weighted by atomic mass is 9.44. The number of hydrogen-bond acceptors (Lipinski definition) is 2. The summed E-state index contributed by atoms with van der Waals surface area (Å²) in [6, 6.07) is 31.4. The van der Waals surface area contributed by atoms with Crippen LogP contribution in [0.3, 0.4) is 0 Å². The summed E-state index contributed by atoms with van der Waals surface area (Å²) in [5.41, 5.74) is 3.67. The second kappa shape index (κ2) is 8.09. The quantitative estimate of drug-likeness (QED) is 0.650. The second-order valence-electron chi connectivity index (χ2n) is 5.60. The Hall–Kier alpha value is -2.68. The van der Waals surface area contributed by atoms with E-state index in [0.717, 1.165) is 24.3 Å². The largest absolute Gasteiger partial charge is 0.392 e. The maximum absolute atomic E-state index is 3.54. The SMILES string of the molecule is c1ccc(NCB(CNc2ccccc2)c2ccccc2)cc1. The van der Waals surface area contributed by atoms with Crippen LogP contribution >= 0.6 is 0 Å². The molecule has 23 heavy (non-hydrogen) atoms. The molecule has 0 aliphatic heterocycles. The lowest BCUT2D eigenvalue weighted by molar-refractivity contribution is 1.34. The smallest absolute Gasteiger partial charge is 0.217 e. The van der Waals surface area contributed by atoms with Gasteiger partial charge in [-0.25, -0.2) is 0 Å². The lowest BCUT2D eigenvalue weighted by Crippen LogP contribution is -2.43. The van der Waals surface area contributed by atoms with E-state index in [9.17, 15) is 0 Å². The lowest BCUT2D eigenvalue weighted by Gasteiger charge is -2.17. The van der Waals surface area contributed by atoms with E-state index in [0.29, 0.717) is 6.71 Å². The number of benzene rings is 3. The van der Waals surface area contributed by atoms with Crippen molar-refractivity contribution in [2.75, 3.05) is 23.5 Å². The summed E-state index contributed by atoms with van der Waals surface area (Å²) < 4.78 is 0. The van der Waals surface area contributed by atoms with Gasteiger partial charge in [0.1, 0.15) is 0 Å². The van der Waals surface area contributed by atoms with Gasteiger partial charge in [-0.05, 0) is 37.2 Å². The molecule has 0 fully saturated rings. The Kier molecular flexibility index (Phi) is 5.36. The molecule has 0 heterocycles. The van der Waals surface area contributed by atoms with Crippen molar-refractivity contribution in [1.29, 1.82) is 0 Å². The summed E-state index contributed by atoms with van der Waals surface area (Å²) in [5, 5.41) is 7.08. The highest BCUT2D eigenvalue weighted by atomic mass is 14.9. The first kappa shape index (κ1) is 15.2. The molecule has 0 spiro atoms. The fourth-order valence-electron chi connectivity index (χ4n) is 2.63. The molecule has 2 N–H and O–H groups in total. The van der Waals surface area contributed by atoms with Gasteiger partial charge in [-0.1, -0.05) is 72.2 Å². The van der Waals surface area contributed by atoms with Gasteiger partial charge in [-0.2, -0.15) is 0 Å². The van der Waals surface area contributed by atoms with Crippen molar-refractivity contribution >= 4 is 23.6 Å². The van der Waals surface area contributed by atoms with Crippen LogP contribution in [-0.2, 0) is 0 Å². The Balaban J connectivity index is 1.66. The van der Waals surface area contributed by atoms with E-state index in [1.807, 2.05) is 12.1 Å². The van der Waals surface area contributed by atoms with Gasteiger partial charge in [0.25, 0.3) is 0 Å². The van der Waals surface area contributed by atoms with E-state index < -0.39 is 0 Å². The van der Waals surface area contributed by atoms with E-state index in [4.69, 9.17) is 0 Å². The molecule has 0 saturated carbocycles. The van der Waals surface area contributed by atoms with Crippen LogP contribution in [0.25, 0.3) is 0 Å². The zero-order chi connectivity index (χ0) is 15.7. The van der Waals surface area contributed by atoms with Crippen molar-refractivity contribution < 1.29 is 0 Å². The fraction of sp³-hybridized carbons (Fsp3) is 0.100. The van der Waals surface area contributed by atoms with Crippen LogP contribution in [-0.4, -0.2) is 19.6 Å². The Morgan fingerprint density at radius 1 is 0.522 bits per heavy atom. The van der Waals surface area contributed by atoms with E-state index in [2.05, 4.69) is 89.5 Å². The minimum atomic E-state index is 0.400. The van der Waals surface area contributed by atoms with E-state index in [1.165, 1.54) is 5.46 Å². The molecule has 0 bridgehead atoms. The van der Waals surface area contributed by atoms with Crippen molar-refractivity contribution in [3.8, 4) is 0 Å². The third-order valence-corrected chi connectivity index (χ3v) is 3.92. The number of rotatable bonds is 7. The van der Waals surface area contributed by atoms with Gasteiger partial charge in [0.15, 0.2) is 0 Å². The molecule has 2 nitrogen and oxygen atoms in total. The first-order valence-corrected chi connectivity index (χ1v) is 8.04. The number of nitrogens with one attached hydrogen (secondary N) is 2.